The summed E-state index contributed by atoms with van der Waals surface area (Å²) in [6, 6.07) is -0.469. The third kappa shape index (κ3) is 3.25. The molecule has 5 nitrogen and oxygen atoms in total. The van der Waals surface area contributed by atoms with Crippen molar-refractivity contribution in [2.75, 3.05) is 19.8 Å². The fourth-order valence-corrected chi connectivity index (χ4v) is 4.05. The molecule has 1 N–H and O–H groups in total. The fraction of sp³-hybridized carbons (Fsp3) is 0.875. The van der Waals surface area contributed by atoms with Gasteiger partial charge >= 0.3 is 12.2 Å². The molecule has 3 fully saturated rings. The summed E-state index contributed by atoms with van der Waals surface area (Å²) >= 11 is 0. The van der Waals surface area contributed by atoms with Crippen LogP contribution in [0, 0.1) is 11.8 Å². The van der Waals surface area contributed by atoms with E-state index < -0.39 is 23.7 Å². The van der Waals surface area contributed by atoms with Crippen molar-refractivity contribution in [3.63, 3.8) is 0 Å². The van der Waals surface area contributed by atoms with Gasteiger partial charge in [0.25, 0.3) is 5.91 Å². The highest BCUT2D eigenvalue weighted by molar-refractivity contribution is 6.07. The zero-order valence-electron chi connectivity index (χ0n) is 13.9. The van der Waals surface area contributed by atoms with E-state index in [0.717, 1.165) is 17.7 Å². The summed E-state index contributed by atoms with van der Waals surface area (Å²) in [5.74, 6) is -1.12. The molecule has 136 valence electrons. The molecule has 1 atom stereocenters. The minimum atomic E-state index is -4.23. The molecule has 24 heavy (non-hydrogen) atoms. The third-order valence-electron chi connectivity index (χ3n) is 5.68. The predicted octanol–water partition coefficient (Wildman–Crippen LogP) is 2.72. The van der Waals surface area contributed by atoms with Gasteiger partial charge in [0.05, 0.1) is 12.6 Å². The Labute approximate surface area is 139 Å². The number of carbonyl (C=O) groups excluding carboxylic acids is 2. The lowest BCUT2D eigenvalue weighted by molar-refractivity contribution is -0.187. The summed E-state index contributed by atoms with van der Waals surface area (Å²) in [7, 11) is 0. The van der Waals surface area contributed by atoms with Crippen LogP contribution in [-0.2, 0) is 4.79 Å². The number of likely N-dealkylation sites (tertiary alicyclic amines) is 1. The van der Waals surface area contributed by atoms with Crippen LogP contribution in [0.1, 0.15) is 45.4 Å². The van der Waals surface area contributed by atoms with E-state index in [2.05, 4.69) is 12.2 Å². The molecule has 2 saturated heterocycles. The first-order valence-electron chi connectivity index (χ1n) is 8.64. The lowest BCUT2D eigenvalue weighted by Gasteiger charge is -2.36. The number of rotatable bonds is 2. The molecule has 0 aromatic carbocycles. The highest BCUT2D eigenvalue weighted by Crippen LogP contribution is 2.37. The molecule has 3 amide bonds. The van der Waals surface area contributed by atoms with E-state index in [1.54, 1.807) is 4.90 Å². The maximum Gasteiger partial charge on any atom is 0.393 e. The number of hydrogen-bond acceptors (Lipinski definition) is 3. The first-order chi connectivity index (χ1) is 11.2. The molecule has 3 rings (SSSR count). The Balaban J connectivity index is 1.65. The first kappa shape index (κ1) is 17.5. The van der Waals surface area contributed by atoms with E-state index in [1.165, 1.54) is 0 Å². The lowest BCUT2D eigenvalue weighted by Crippen LogP contribution is -2.51. The van der Waals surface area contributed by atoms with Gasteiger partial charge < -0.3 is 5.32 Å². The van der Waals surface area contributed by atoms with Crippen LogP contribution in [0.4, 0.5) is 18.0 Å². The summed E-state index contributed by atoms with van der Waals surface area (Å²) in [4.78, 5) is 27.7. The van der Waals surface area contributed by atoms with Crippen LogP contribution in [0.25, 0.3) is 0 Å². The van der Waals surface area contributed by atoms with Crippen molar-refractivity contribution in [1.29, 1.82) is 0 Å². The Hall–Kier alpha value is -1.31. The van der Waals surface area contributed by atoms with Crippen molar-refractivity contribution in [1.82, 2.24) is 15.1 Å². The van der Waals surface area contributed by atoms with E-state index in [9.17, 15) is 22.8 Å². The Morgan fingerprint density at radius 3 is 2.50 bits per heavy atom. The van der Waals surface area contributed by atoms with Crippen LogP contribution >= 0.6 is 0 Å². The van der Waals surface area contributed by atoms with Gasteiger partial charge in [-0.05, 0) is 51.0 Å². The smallest absolute Gasteiger partial charge is 0.323 e. The molecule has 1 saturated carbocycles. The van der Waals surface area contributed by atoms with Crippen LogP contribution in [0.2, 0.25) is 0 Å². The lowest BCUT2D eigenvalue weighted by atomic mass is 9.77. The SMILES string of the molecule is CC1CCC2(CC1)NC(=O)N(CN1CCCC(C(F)(F)F)C1)C2=O. The number of hydrogen-bond donors (Lipinski definition) is 1. The number of halogens is 3. The molecule has 2 heterocycles. The molecule has 1 unspecified atom stereocenters. The highest BCUT2D eigenvalue weighted by atomic mass is 19.4. The third-order valence-corrected chi connectivity index (χ3v) is 5.68. The Bertz CT molecular complexity index is 515. The number of carbonyl (C=O) groups is 2. The van der Waals surface area contributed by atoms with E-state index in [-0.39, 0.29) is 25.5 Å². The zero-order chi connectivity index (χ0) is 17.5. The van der Waals surface area contributed by atoms with Crippen molar-refractivity contribution in [3.05, 3.63) is 0 Å². The molecule has 0 aromatic rings. The molecular formula is C16H24F3N3O2. The molecular weight excluding hydrogens is 323 g/mol. The van der Waals surface area contributed by atoms with Crippen LogP contribution in [0.3, 0.4) is 0 Å². The summed E-state index contributed by atoms with van der Waals surface area (Å²) in [5, 5.41) is 2.81. The van der Waals surface area contributed by atoms with Gasteiger partial charge in [0, 0.05) is 6.54 Å². The van der Waals surface area contributed by atoms with Crippen LogP contribution in [0.5, 0.6) is 0 Å². The molecule has 3 aliphatic rings. The maximum atomic E-state index is 12.9. The van der Waals surface area contributed by atoms with Gasteiger partial charge in [-0.3, -0.25) is 9.69 Å². The number of urea groups is 1. The van der Waals surface area contributed by atoms with Gasteiger partial charge in [-0.1, -0.05) is 6.92 Å². The Morgan fingerprint density at radius 2 is 1.88 bits per heavy atom. The molecule has 0 bridgehead atoms. The van der Waals surface area contributed by atoms with Crippen LogP contribution in [-0.4, -0.2) is 53.2 Å². The van der Waals surface area contributed by atoms with E-state index in [4.69, 9.17) is 0 Å². The number of piperidine rings is 1. The summed E-state index contributed by atoms with van der Waals surface area (Å²) in [6.45, 7) is 2.41. The van der Waals surface area contributed by atoms with Crippen molar-refractivity contribution in [2.24, 2.45) is 11.8 Å². The number of imide groups is 1. The van der Waals surface area contributed by atoms with E-state index >= 15 is 0 Å². The minimum Gasteiger partial charge on any atom is -0.323 e. The second kappa shape index (κ2) is 6.20. The Kier molecular flexibility index (Phi) is 4.53. The van der Waals surface area contributed by atoms with E-state index in [1.807, 2.05) is 0 Å². The van der Waals surface area contributed by atoms with E-state index in [0.29, 0.717) is 31.7 Å². The molecule has 2 aliphatic heterocycles. The fourth-order valence-electron chi connectivity index (χ4n) is 4.05. The number of amides is 3. The number of nitrogens with one attached hydrogen (secondary N) is 1. The topological polar surface area (TPSA) is 52.7 Å². The van der Waals surface area contributed by atoms with Crippen molar-refractivity contribution in [3.8, 4) is 0 Å². The molecule has 1 spiro atoms. The predicted molar refractivity (Wildman–Crippen MR) is 81.0 cm³/mol. The minimum absolute atomic E-state index is 0.0471. The van der Waals surface area contributed by atoms with Crippen molar-refractivity contribution >= 4 is 11.9 Å². The first-order valence-corrected chi connectivity index (χ1v) is 8.64. The molecule has 0 aromatic heterocycles. The van der Waals surface area contributed by atoms with Gasteiger partial charge in [0.15, 0.2) is 0 Å². The van der Waals surface area contributed by atoms with Gasteiger partial charge in [-0.2, -0.15) is 13.2 Å². The quantitative estimate of drug-likeness (QED) is 0.782. The van der Waals surface area contributed by atoms with Gasteiger partial charge in [-0.15, -0.1) is 0 Å². The number of alkyl halides is 3. The zero-order valence-corrected chi connectivity index (χ0v) is 13.9. The molecule has 8 heteroatoms. The monoisotopic (exact) mass is 347 g/mol. The Morgan fingerprint density at radius 1 is 1.21 bits per heavy atom. The molecule has 1 aliphatic carbocycles. The van der Waals surface area contributed by atoms with Gasteiger partial charge in [0.1, 0.15) is 5.54 Å². The van der Waals surface area contributed by atoms with Crippen LogP contribution in [0.15, 0.2) is 0 Å². The number of nitrogens with zero attached hydrogens (tertiary/aromatic N) is 2. The second-order valence-corrected chi connectivity index (χ2v) is 7.53. The van der Waals surface area contributed by atoms with Gasteiger partial charge in [0.2, 0.25) is 0 Å². The van der Waals surface area contributed by atoms with Crippen LogP contribution < -0.4 is 5.32 Å². The van der Waals surface area contributed by atoms with Crippen molar-refractivity contribution < 1.29 is 22.8 Å². The standard InChI is InChI=1S/C16H24F3N3O2/c1-11-4-6-15(7-5-11)13(23)22(14(24)20-15)10-21-8-2-3-12(9-21)16(17,18)19/h11-12H,2-10H2,1H3,(H,20,24). The van der Waals surface area contributed by atoms with Gasteiger partial charge in [-0.25, -0.2) is 9.69 Å². The average Bonchev–Trinajstić information content (AvgIpc) is 2.75. The summed E-state index contributed by atoms with van der Waals surface area (Å²) in [5.41, 5.74) is -0.831. The highest BCUT2D eigenvalue weighted by Gasteiger charge is 2.52. The average molecular weight is 347 g/mol. The summed E-state index contributed by atoms with van der Waals surface area (Å²) < 4.78 is 38.8. The van der Waals surface area contributed by atoms with Crippen molar-refractivity contribution in [2.45, 2.75) is 57.2 Å². The summed E-state index contributed by atoms with van der Waals surface area (Å²) in [6.07, 6.45) is -0.713. The molecule has 0 radical (unpaired) electrons. The normalized spacial score (nSPS) is 35.6. The largest absolute Gasteiger partial charge is 0.393 e. The maximum absolute atomic E-state index is 12.9. The second-order valence-electron chi connectivity index (χ2n) is 7.53.